The quantitative estimate of drug-likeness (QED) is 0.688. The summed E-state index contributed by atoms with van der Waals surface area (Å²) >= 11 is 0. The molecule has 1 amide bonds. The van der Waals surface area contributed by atoms with Crippen LogP contribution in [0.4, 0.5) is 0 Å². The zero-order valence-corrected chi connectivity index (χ0v) is 13.3. The number of fused-ring (bicyclic) bond motifs is 1. The molecule has 0 aromatic heterocycles. The number of unbranched alkanes of at least 4 members (excludes halogenated alkanes) is 4. The van der Waals surface area contributed by atoms with Crippen LogP contribution in [-0.4, -0.2) is 23.5 Å². The second-order valence-corrected chi connectivity index (χ2v) is 5.69. The number of benzene rings is 2. The van der Waals surface area contributed by atoms with Gasteiger partial charge in [0.25, 0.3) is 5.91 Å². The standard InChI is InChI=1S/C19H23NO3/c21-18(22)13-4-2-1-3-7-14-20-19(23)17-12-8-10-15-9-5-6-11-16(15)17/h5-6,8-12H,1-4,7,13-14H2,(H,20,23)(H,21,22). The van der Waals surface area contributed by atoms with E-state index >= 15 is 0 Å². The molecule has 0 saturated carbocycles. The number of carboxylic acids is 1. The van der Waals surface area contributed by atoms with Crippen LogP contribution in [0.2, 0.25) is 0 Å². The maximum absolute atomic E-state index is 12.3. The molecule has 0 atom stereocenters. The summed E-state index contributed by atoms with van der Waals surface area (Å²) in [6.45, 7) is 0.654. The van der Waals surface area contributed by atoms with Gasteiger partial charge in [0.1, 0.15) is 0 Å². The van der Waals surface area contributed by atoms with Crippen molar-refractivity contribution in [2.45, 2.75) is 38.5 Å². The number of nitrogens with one attached hydrogen (secondary N) is 1. The molecule has 0 aliphatic carbocycles. The molecule has 4 heteroatoms. The molecule has 2 aromatic carbocycles. The van der Waals surface area contributed by atoms with Gasteiger partial charge in [0, 0.05) is 18.5 Å². The van der Waals surface area contributed by atoms with Crippen LogP contribution in [0.3, 0.4) is 0 Å². The highest BCUT2D eigenvalue weighted by molar-refractivity contribution is 6.06. The van der Waals surface area contributed by atoms with Gasteiger partial charge in [-0.15, -0.1) is 0 Å². The van der Waals surface area contributed by atoms with Crippen molar-refractivity contribution in [3.8, 4) is 0 Å². The summed E-state index contributed by atoms with van der Waals surface area (Å²) in [6, 6.07) is 13.6. The average molecular weight is 313 g/mol. The van der Waals surface area contributed by atoms with Crippen LogP contribution in [-0.2, 0) is 4.79 Å². The molecule has 0 bridgehead atoms. The lowest BCUT2D eigenvalue weighted by Crippen LogP contribution is -2.24. The fraction of sp³-hybridized carbons (Fsp3) is 0.368. The maximum Gasteiger partial charge on any atom is 0.303 e. The van der Waals surface area contributed by atoms with Crippen molar-refractivity contribution in [2.24, 2.45) is 0 Å². The van der Waals surface area contributed by atoms with Crippen LogP contribution in [0, 0.1) is 0 Å². The third kappa shape index (κ3) is 5.40. The van der Waals surface area contributed by atoms with Gasteiger partial charge in [0.15, 0.2) is 0 Å². The van der Waals surface area contributed by atoms with Crippen molar-refractivity contribution >= 4 is 22.6 Å². The van der Waals surface area contributed by atoms with Gasteiger partial charge in [-0.25, -0.2) is 0 Å². The lowest BCUT2D eigenvalue weighted by molar-refractivity contribution is -0.137. The topological polar surface area (TPSA) is 66.4 Å². The van der Waals surface area contributed by atoms with Crippen LogP contribution < -0.4 is 5.32 Å². The predicted octanol–water partition coefficient (Wildman–Crippen LogP) is 3.99. The van der Waals surface area contributed by atoms with Crippen LogP contribution in [0.1, 0.15) is 48.9 Å². The van der Waals surface area contributed by atoms with E-state index in [0.29, 0.717) is 12.1 Å². The van der Waals surface area contributed by atoms with Gasteiger partial charge in [-0.3, -0.25) is 9.59 Å². The number of aliphatic carboxylic acids is 1. The van der Waals surface area contributed by atoms with Gasteiger partial charge in [-0.2, -0.15) is 0 Å². The Bertz CT molecular complexity index is 661. The van der Waals surface area contributed by atoms with Gasteiger partial charge < -0.3 is 10.4 Å². The Morgan fingerprint density at radius 3 is 2.39 bits per heavy atom. The minimum absolute atomic E-state index is 0.0346. The van der Waals surface area contributed by atoms with Gasteiger partial charge in [0.2, 0.25) is 0 Å². The summed E-state index contributed by atoms with van der Waals surface area (Å²) in [5.74, 6) is -0.764. The van der Waals surface area contributed by atoms with E-state index in [-0.39, 0.29) is 12.3 Å². The second-order valence-electron chi connectivity index (χ2n) is 5.69. The summed E-state index contributed by atoms with van der Waals surface area (Å²) < 4.78 is 0. The summed E-state index contributed by atoms with van der Waals surface area (Å²) in [7, 11) is 0. The van der Waals surface area contributed by atoms with Crippen molar-refractivity contribution in [3.63, 3.8) is 0 Å². The van der Waals surface area contributed by atoms with E-state index in [9.17, 15) is 9.59 Å². The van der Waals surface area contributed by atoms with E-state index in [1.54, 1.807) is 0 Å². The number of carbonyl (C=O) groups excluding carboxylic acids is 1. The number of hydrogen-bond acceptors (Lipinski definition) is 2. The minimum atomic E-state index is -0.729. The van der Waals surface area contributed by atoms with E-state index in [1.165, 1.54) is 0 Å². The van der Waals surface area contributed by atoms with Crippen molar-refractivity contribution in [3.05, 3.63) is 48.0 Å². The molecule has 0 aliphatic heterocycles. The fourth-order valence-electron chi connectivity index (χ4n) is 2.65. The fourth-order valence-corrected chi connectivity index (χ4v) is 2.65. The van der Waals surface area contributed by atoms with E-state index in [1.807, 2.05) is 42.5 Å². The molecular weight excluding hydrogens is 290 g/mol. The van der Waals surface area contributed by atoms with Crippen molar-refractivity contribution in [1.29, 1.82) is 0 Å². The van der Waals surface area contributed by atoms with Crippen molar-refractivity contribution in [1.82, 2.24) is 5.32 Å². The minimum Gasteiger partial charge on any atom is -0.481 e. The summed E-state index contributed by atoms with van der Waals surface area (Å²) in [5, 5.41) is 13.6. The van der Waals surface area contributed by atoms with Gasteiger partial charge in [-0.05, 0) is 29.7 Å². The van der Waals surface area contributed by atoms with Crippen LogP contribution >= 0.6 is 0 Å². The molecule has 0 saturated heterocycles. The number of rotatable bonds is 9. The molecule has 4 nitrogen and oxygen atoms in total. The molecule has 0 spiro atoms. The number of carboxylic acid groups (broad SMARTS) is 1. The van der Waals surface area contributed by atoms with Crippen molar-refractivity contribution in [2.75, 3.05) is 6.54 Å². The molecule has 0 radical (unpaired) electrons. The van der Waals surface area contributed by atoms with Gasteiger partial charge in [0.05, 0.1) is 0 Å². The monoisotopic (exact) mass is 313 g/mol. The first-order valence-electron chi connectivity index (χ1n) is 8.16. The third-order valence-corrected chi connectivity index (χ3v) is 3.89. The van der Waals surface area contributed by atoms with E-state index in [4.69, 9.17) is 5.11 Å². The number of hydrogen-bond donors (Lipinski definition) is 2. The smallest absolute Gasteiger partial charge is 0.303 e. The number of amides is 1. The summed E-state index contributed by atoms with van der Waals surface area (Å²) in [4.78, 5) is 22.7. The van der Waals surface area contributed by atoms with E-state index in [2.05, 4.69) is 5.32 Å². The lowest BCUT2D eigenvalue weighted by atomic mass is 10.0. The van der Waals surface area contributed by atoms with Crippen LogP contribution in [0.25, 0.3) is 10.8 Å². The van der Waals surface area contributed by atoms with Gasteiger partial charge >= 0.3 is 5.97 Å². The molecule has 2 aromatic rings. The Morgan fingerprint density at radius 2 is 1.57 bits per heavy atom. The Balaban J connectivity index is 1.72. The molecule has 2 N–H and O–H groups in total. The first-order valence-corrected chi connectivity index (χ1v) is 8.16. The van der Waals surface area contributed by atoms with Crippen LogP contribution in [0.15, 0.2) is 42.5 Å². The zero-order chi connectivity index (χ0) is 16.5. The zero-order valence-electron chi connectivity index (χ0n) is 13.3. The molecule has 2 rings (SSSR count). The second kappa shape index (κ2) is 8.93. The average Bonchev–Trinajstić information content (AvgIpc) is 2.56. The van der Waals surface area contributed by atoms with E-state index in [0.717, 1.165) is 42.9 Å². The Morgan fingerprint density at radius 1 is 0.870 bits per heavy atom. The van der Waals surface area contributed by atoms with Crippen LogP contribution in [0.5, 0.6) is 0 Å². The first kappa shape index (κ1) is 17.0. The normalized spacial score (nSPS) is 10.6. The molecule has 0 unspecified atom stereocenters. The highest BCUT2D eigenvalue weighted by Gasteiger charge is 2.08. The largest absolute Gasteiger partial charge is 0.481 e. The third-order valence-electron chi connectivity index (χ3n) is 3.89. The lowest BCUT2D eigenvalue weighted by Gasteiger charge is -2.08. The Hall–Kier alpha value is -2.36. The highest BCUT2D eigenvalue weighted by atomic mass is 16.4. The highest BCUT2D eigenvalue weighted by Crippen LogP contribution is 2.18. The molecule has 23 heavy (non-hydrogen) atoms. The molecule has 0 heterocycles. The molecular formula is C19H23NO3. The maximum atomic E-state index is 12.3. The van der Waals surface area contributed by atoms with E-state index < -0.39 is 5.97 Å². The number of carbonyl (C=O) groups is 2. The predicted molar refractivity (Wildman–Crippen MR) is 91.6 cm³/mol. The molecule has 122 valence electrons. The first-order chi connectivity index (χ1) is 11.2. The van der Waals surface area contributed by atoms with Crippen molar-refractivity contribution < 1.29 is 14.7 Å². The summed E-state index contributed by atoms with van der Waals surface area (Å²) in [6.07, 6.45) is 4.86. The SMILES string of the molecule is O=C(O)CCCCCCCNC(=O)c1cccc2ccccc12. The molecule has 0 fully saturated rings. The Labute approximate surface area is 136 Å². The van der Waals surface area contributed by atoms with Gasteiger partial charge in [-0.1, -0.05) is 55.7 Å². The summed E-state index contributed by atoms with van der Waals surface area (Å²) in [5.41, 5.74) is 0.713. The Kier molecular flexibility index (Phi) is 6.60. The molecule has 0 aliphatic rings.